The number of nitrogens with zero attached hydrogens (tertiary/aromatic N) is 1. The lowest BCUT2D eigenvalue weighted by Crippen LogP contribution is -2.10. The molecule has 0 saturated carbocycles. The quantitative estimate of drug-likeness (QED) is 0.633. The Kier molecular flexibility index (Phi) is 5.17. The van der Waals surface area contributed by atoms with Gasteiger partial charge in [-0.15, -0.1) is 0 Å². The summed E-state index contributed by atoms with van der Waals surface area (Å²) in [7, 11) is 0. The predicted molar refractivity (Wildman–Crippen MR) is 82.7 cm³/mol. The van der Waals surface area contributed by atoms with E-state index in [4.69, 9.17) is 16.3 Å². The van der Waals surface area contributed by atoms with Gasteiger partial charge in [0, 0.05) is 21.6 Å². The lowest BCUT2D eigenvalue weighted by molar-refractivity contribution is -0.385. The highest BCUT2D eigenvalue weighted by atomic mass is 79.9. The van der Waals surface area contributed by atoms with Crippen LogP contribution in [0.1, 0.15) is 11.7 Å². The van der Waals surface area contributed by atoms with Gasteiger partial charge in [-0.1, -0.05) is 39.7 Å². The summed E-state index contributed by atoms with van der Waals surface area (Å²) in [5.41, 5.74) is 0.471. The van der Waals surface area contributed by atoms with Crippen LogP contribution in [0, 0.1) is 10.1 Å². The zero-order valence-electron chi connectivity index (χ0n) is 10.7. The molecular formula is C14H11BrClNO4. The number of rotatable bonds is 5. The molecule has 0 radical (unpaired) electrons. The van der Waals surface area contributed by atoms with E-state index in [1.54, 1.807) is 30.3 Å². The molecule has 0 aliphatic heterocycles. The molecule has 2 aromatic rings. The van der Waals surface area contributed by atoms with Crippen molar-refractivity contribution in [2.24, 2.45) is 0 Å². The normalized spacial score (nSPS) is 12.0. The Balaban J connectivity index is 2.10. The van der Waals surface area contributed by atoms with Crippen LogP contribution in [0.2, 0.25) is 5.02 Å². The van der Waals surface area contributed by atoms with Crippen LogP contribution in [0.25, 0.3) is 0 Å². The van der Waals surface area contributed by atoms with Crippen molar-refractivity contribution < 1.29 is 14.8 Å². The SMILES string of the molecule is O=[N+]([O-])c1ccc(Br)cc1OCC(O)c1ccc(Cl)cc1. The number of hydrogen-bond donors (Lipinski definition) is 1. The average molecular weight is 373 g/mol. The third-order valence-electron chi connectivity index (χ3n) is 2.77. The number of nitro groups is 1. The van der Waals surface area contributed by atoms with Gasteiger partial charge in [0.25, 0.3) is 0 Å². The first-order chi connectivity index (χ1) is 9.97. The molecule has 2 rings (SSSR count). The van der Waals surface area contributed by atoms with Crippen LogP contribution in [0.3, 0.4) is 0 Å². The minimum absolute atomic E-state index is 0.0983. The number of ether oxygens (including phenoxy) is 1. The molecule has 0 heterocycles. The summed E-state index contributed by atoms with van der Waals surface area (Å²) in [6.07, 6.45) is -0.902. The van der Waals surface area contributed by atoms with E-state index in [9.17, 15) is 15.2 Å². The molecule has 5 nitrogen and oxygen atoms in total. The Hall–Kier alpha value is -1.63. The van der Waals surface area contributed by atoms with Crippen molar-refractivity contribution in [3.8, 4) is 5.75 Å². The standard InChI is InChI=1S/C14H11BrClNO4/c15-10-3-6-12(17(19)20)14(7-10)21-8-13(18)9-1-4-11(16)5-2-9/h1-7,13,18H,8H2. The molecule has 7 heteroatoms. The minimum atomic E-state index is -0.902. The van der Waals surface area contributed by atoms with Gasteiger partial charge in [-0.25, -0.2) is 0 Å². The monoisotopic (exact) mass is 371 g/mol. The van der Waals surface area contributed by atoms with Crippen LogP contribution < -0.4 is 4.74 Å². The fourth-order valence-electron chi connectivity index (χ4n) is 1.70. The van der Waals surface area contributed by atoms with Gasteiger partial charge in [-0.05, 0) is 23.8 Å². The highest BCUT2D eigenvalue weighted by Crippen LogP contribution is 2.31. The molecule has 0 bridgehead atoms. The lowest BCUT2D eigenvalue weighted by atomic mass is 10.1. The molecule has 1 unspecified atom stereocenters. The Morgan fingerprint density at radius 2 is 1.95 bits per heavy atom. The van der Waals surface area contributed by atoms with Gasteiger partial charge in [-0.3, -0.25) is 10.1 Å². The van der Waals surface area contributed by atoms with E-state index in [-0.39, 0.29) is 18.0 Å². The Morgan fingerprint density at radius 3 is 2.57 bits per heavy atom. The number of hydrogen-bond acceptors (Lipinski definition) is 4. The molecule has 0 spiro atoms. The van der Waals surface area contributed by atoms with Gasteiger partial charge in [-0.2, -0.15) is 0 Å². The zero-order chi connectivity index (χ0) is 15.4. The molecule has 21 heavy (non-hydrogen) atoms. The van der Waals surface area contributed by atoms with Crippen molar-refractivity contribution in [2.45, 2.75) is 6.10 Å². The molecule has 2 aromatic carbocycles. The Bertz CT molecular complexity index is 648. The molecule has 0 fully saturated rings. The van der Waals surface area contributed by atoms with Gasteiger partial charge in [0.1, 0.15) is 12.7 Å². The van der Waals surface area contributed by atoms with Crippen molar-refractivity contribution in [3.05, 3.63) is 67.6 Å². The largest absolute Gasteiger partial charge is 0.484 e. The first-order valence-corrected chi connectivity index (χ1v) is 7.15. The summed E-state index contributed by atoms with van der Waals surface area (Å²) in [5, 5.41) is 21.5. The minimum Gasteiger partial charge on any atom is -0.484 e. The molecule has 1 atom stereocenters. The molecular weight excluding hydrogens is 362 g/mol. The average Bonchev–Trinajstić information content (AvgIpc) is 2.45. The van der Waals surface area contributed by atoms with Crippen molar-refractivity contribution in [3.63, 3.8) is 0 Å². The van der Waals surface area contributed by atoms with E-state index in [2.05, 4.69) is 15.9 Å². The summed E-state index contributed by atoms with van der Waals surface area (Å²) in [6, 6.07) is 11.0. The summed E-state index contributed by atoms with van der Waals surface area (Å²) in [4.78, 5) is 10.4. The fraction of sp³-hybridized carbons (Fsp3) is 0.143. The van der Waals surface area contributed by atoms with E-state index in [0.717, 1.165) is 0 Å². The van der Waals surface area contributed by atoms with Crippen LogP contribution in [-0.4, -0.2) is 16.6 Å². The van der Waals surface area contributed by atoms with E-state index in [1.165, 1.54) is 12.1 Å². The van der Waals surface area contributed by atoms with Crippen molar-refractivity contribution >= 4 is 33.2 Å². The molecule has 0 aliphatic carbocycles. The predicted octanol–water partition coefficient (Wildman–Crippen LogP) is 4.12. The molecule has 0 saturated heterocycles. The summed E-state index contributed by atoms with van der Waals surface area (Å²) in [6.45, 7) is -0.0983. The molecule has 110 valence electrons. The highest BCUT2D eigenvalue weighted by molar-refractivity contribution is 9.10. The van der Waals surface area contributed by atoms with Crippen LogP contribution in [0.15, 0.2) is 46.9 Å². The third kappa shape index (κ3) is 4.17. The van der Waals surface area contributed by atoms with Crippen LogP contribution in [0.4, 0.5) is 5.69 Å². The molecule has 1 N–H and O–H groups in total. The number of aliphatic hydroxyl groups excluding tert-OH is 1. The van der Waals surface area contributed by atoms with Crippen molar-refractivity contribution in [1.82, 2.24) is 0 Å². The maximum Gasteiger partial charge on any atom is 0.310 e. The summed E-state index contributed by atoms with van der Waals surface area (Å²) >= 11 is 8.99. The van der Waals surface area contributed by atoms with E-state index in [1.807, 2.05) is 0 Å². The van der Waals surface area contributed by atoms with Crippen molar-refractivity contribution in [1.29, 1.82) is 0 Å². The van der Waals surface area contributed by atoms with Gasteiger partial charge < -0.3 is 9.84 Å². The molecule has 0 amide bonds. The second kappa shape index (κ2) is 6.89. The van der Waals surface area contributed by atoms with Crippen LogP contribution >= 0.6 is 27.5 Å². The Labute approximate surface area is 134 Å². The number of halogens is 2. The van der Waals surface area contributed by atoms with Crippen LogP contribution in [-0.2, 0) is 0 Å². The second-order valence-electron chi connectivity index (χ2n) is 4.25. The highest BCUT2D eigenvalue weighted by Gasteiger charge is 2.17. The molecule has 0 aliphatic rings. The van der Waals surface area contributed by atoms with Crippen LogP contribution in [0.5, 0.6) is 5.75 Å². The van der Waals surface area contributed by atoms with E-state index in [0.29, 0.717) is 15.1 Å². The maximum atomic E-state index is 10.9. The Morgan fingerprint density at radius 1 is 1.29 bits per heavy atom. The first kappa shape index (κ1) is 15.8. The number of nitro benzene ring substituents is 1. The summed E-state index contributed by atoms with van der Waals surface area (Å²) in [5.74, 6) is 0.0994. The van der Waals surface area contributed by atoms with E-state index >= 15 is 0 Å². The third-order valence-corrected chi connectivity index (χ3v) is 3.52. The second-order valence-corrected chi connectivity index (χ2v) is 5.60. The summed E-state index contributed by atoms with van der Waals surface area (Å²) < 4.78 is 6.03. The topological polar surface area (TPSA) is 72.6 Å². The van der Waals surface area contributed by atoms with Gasteiger partial charge in [0.15, 0.2) is 5.75 Å². The van der Waals surface area contributed by atoms with E-state index < -0.39 is 11.0 Å². The maximum absolute atomic E-state index is 10.9. The van der Waals surface area contributed by atoms with Gasteiger partial charge in [0.05, 0.1) is 4.92 Å². The molecule has 0 aromatic heterocycles. The number of aliphatic hydroxyl groups is 1. The van der Waals surface area contributed by atoms with Crippen molar-refractivity contribution in [2.75, 3.05) is 6.61 Å². The fourth-order valence-corrected chi connectivity index (χ4v) is 2.17. The zero-order valence-corrected chi connectivity index (χ0v) is 13.0. The smallest absolute Gasteiger partial charge is 0.310 e. The lowest BCUT2D eigenvalue weighted by Gasteiger charge is -2.13. The van der Waals surface area contributed by atoms with Gasteiger partial charge >= 0.3 is 5.69 Å². The first-order valence-electron chi connectivity index (χ1n) is 5.97. The number of benzene rings is 2. The van der Waals surface area contributed by atoms with Gasteiger partial charge in [0.2, 0.25) is 0 Å².